The molecule has 2 aromatic heterocycles. The summed E-state index contributed by atoms with van der Waals surface area (Å²) >= 11 is 0. The normalized spacial score (nSPS) is 23.5. The Balaban J connectivity index is 1.44. The fourth-order valence-electron chi connectivity index (χ4n) is 3.91. The zero-order valence-electron chi connectivity index (χ0n) is 16.2. The minimum absolute atomic E-state index is 0.0887. The zero-order valence-corrected chi connectivity index (χ0v) is 16.2. The number of nitrogens with one attached hydrogen (secondary N) is 2. The summed E-state index contributed by atoms with van der Waals surface area (Å²) in [7, 11) is 0. The topological polar surface area (TPSA) is 126 Å². The van der Waals surface area contributed by atoms with E-state index < -0.39 is 17.5 Å². The van der Waals surface area contributed by atoms with Crippen LogP contribution in [-0.2, 0) is 10.3 Å². The number of rotatable bonds is 4. The second-order valence-electron chi connectivity index (χ2n) is 7.47. The van der Waals surface area contributed by atoms with Crippen LogP contribution in [0.25, 0.3) is 11.4 Å². The van der Waals surface area contributed by atoms with Crippen molar-refractivity contribution in [1.82, 2.24) is 30.7 Å². The van der Waals surface area contributed by atoms with E-state index in [9.17, 15) is 9.59 Å². The van der Waals surface area contributed by atoms with E-state index in [1.807, 2.05) is 6.07 Å². The van der Waals surface area contributed by atoms with Crippen molar-refractivity contribution in [1.29, 1.82) is 0 Å². The molecule has 2 saturated heterocycles. The molecule has 2 atom stereocenters. The van der Waals surface area contributed by atoms with Crippen LogP contribution >= 0.6 is 0 Å². The number of amides is 3. The maximum absolute atomic E-state index is 12.2. The molecule has 0 saturated carbocycles. The Bertz CT molecular complexity index is 1120. The number of carbonyl (C=O) groups is 2. The van der Waals surface area contributed by atoms with Crippen LogP contribution in [0.5, 0.6) is 0 Å². The highest BCUT2D eigenvalue weighted by Crippen LogP contribution is 2.34. The molecule has 2 unspecified atom stereocenters. The van der Waals surface area contributed by atoms with Crippen LogP contribution in [0.3, 0.4) is 0 Å². The number of anilines is 1. The van der Waals surface area contributed by atoms with Gasteiger partial charge < -0.3 is 14.7 Å². The third-order valence-corrected chi connectivity index (χ3v) is 5.53. The van der Waals surface area contributed by atoms with E-state index in [1.165, 1.54) is 0 Å². The van der Waals surface area contributed by atoms with Crippen molar-refractivity contribution in [3.63, 3.8) is 0 Å². The van der Waals surface area contributed by atoms with Crippen LogP contribution < -0.4 is 15.5 Å². The lowest BCUT2D eigenvalue weighted by molar-refractivity contribution is -0.123. The van der Waals surface area contributed by atoms with Gasteiger partial charge in [-0.15, -0.1) is 0 Å². The summed E-state index contributed by atoms with van der Waals surface area (Å²) in [5.74, 6) is 1.15. The molecule has 10 heteroatoms. The number of nitrogens with zero attached hydrogens (tertiary/aromatic N) is 5. The van der Waals surface area contributed by atoms with Crippen molar-refractivity contribution < 1.29 is 14.1 Å². The van der Waals surface area contributed by atoms with E-state index >= 15 is 0 Å². The first kappa shape index (κ1) is 18.2. The molecule has 4 heterocycles. The first-order valence-electron chi connectivity index (χ1n) is 9.66. The summed E-state index contributed by atoms with van der Waals surface area (Å²) in [4.78, 5) is 39.2. The average Bonchev–Trinajstić information content (AvgIpc) is 3.48. The second-order valence-corrected chi connectivity index (χ2v) is 7.47. The molecule has 3 amide bonds. The van der Waals surface area contributed by atoms with Gasteiger partial charge >= 0.3 is 6.03 Å². The van der Waals surface area contributed by atoms with E-state index in [2.05, 4.69) is 35.6 Å². The Hall–Kier alpha value is -3.82. The summed E-state index contributed by atoms with van der Waals surface area (Å²) < 4.78 is 5.58. The molecule has 0 aliphatic carbocycles. The third kappa shape index (κ3) is 2.97. The first-order chi connectivity index (χ1) is 14.5. The molecule has 5 rings (SSSR count). The Morgan fingerprint density at radius 2 is 2.03 bits per heavy atom. The van der Waals surface area contributed by atoms with Gasteiger partial charge in [-0.1, -0.05) is 23.4 Å². The lowest BCUT2D eigenvalue weighted by atomic mass is 9.91. The predicted molar refractivity (Wildman–Crippen MR) is 105 cm³/mol. The van der Waals surface area contributed by atoms with Crippen LogP contribution in [0.1, 0.15) is 37.3 Å². The molecule has 2 aliphatic rings. The van der Waals surface area contributed by atoms with Crippen molar-refractivity contribution in [2.24, 2.45) is 0 Å². The lowest BCUT2D eigenvalue weighted by Crippen LogP contribution is -2.40. The van der Waals surface area contributed by atoms with Crippen LogP contribution in [0, 0.1) is 0 Å². The van der Waals surface area contributed by atoms with Gasteiger partial charge in [0, 0.05) is 24.5 Å². The Morgan fingerprint density at radius 3 is 2.80 bits per heavy atom. The molecule has 0 bridgehead atoms. The van der Waals surface area contributed by atoms with Gasteiger partial charge in [0.15, 0.2) is 0 Å². The van der Waals surface area contributed by atoms with Crippen LogP contribution in [0.2, 0.25) is 0 Å². The number of urea groups is 1. The van der Waals surface area contributed by atoms with Crippen molar-refractivity contribution in [3.05, 3.63) is 54.2 Å². The average molecular weight is 405 g/mol. The highest BCUT2D eigenvalue weighted by Gasteiger charge is 2.43. The Kier molecular flexibility index (Phi) is 4.19. The number of carbonyl (C=O) groups excluding carboxylic acids is 2. The van der Waals surface area contributed by atoms with Gasteiger partial charge in [0.2, 0.25) is 17.7 Å². The van der Waals surface area contributed by atoms with Crippen molar-refractivity contribution in [2.45, 2.75) is 31.3 Å². The van der Waals surface area contributed by atoms with Gasteiger partial charge in [-0.25, -0.2) is 14.8 Å². The third-order valence-electron chi connectivity index (χ3n) is 5.53. The van der Waals surface area contributed by atoms with Crippen molar-refractivity contribution in [3.8, 4) is 11.4 Å². The molecule has 0 spiro atoms. The van der Waals surface area contributed by atoms with Gasteiger partial charge in [-0.2, -0.15) is 4.98 Å². The minimum atomic E-state index is -1.15. The molecule has 10 nitrogen and oxygen atoms in total. The fraction of sp³-hybridized carbons (Fsp3) is 0.300. The highest BCUT2D eigenvalue weighted by molar-refractivity contribution is 6.07. The molecule has 1 aromatic carbocycles. The monoisotopic (exact) mass is 405 g/mol. The SMILES string of the molecule is CC1(c2cccc(-c3noc(C4CCCN4c4ncccn4)n3)c2)NC(=O)NC1=O. The molecule has 3 aromatic rings. The molecular weight excluding hydrogens is 386 g/mol. The first-order valence-corrected chi connectivity index (χ1v) is 9.66. The molecule has 2 N–H and O–H groups in total. The lowest BCUT2D eigenvalue weighted by Gasteiger charge is -2.21. The molecule has 0 radical (unpaired) electrons. The summed E-state index contributed by atoms with van der Waals surface area (Å²) in [5.41, 5.74) is 0.181. The highest BCUT2D eigenvalue weighted by atomic mass is 16.5. The fourth-order valence-corrected chi connectivity index (χ4v) is 3.91. The van der Waals surface area contributed by atoms with Crippen LogP contribution in [0.15, 0.2) is 47.2 Å². The number of imide groups is 1. The maximum atomic E-state index is 12.2. The number of hydrogen-bond acceptors (Lipinski definition) is 8. The van der Waals surface area contributed by atoms with Gasteiger partial charge in [0.1, 0.15) is 11.6 Å². The molecule has 30 heavy (non-hydrogen) atoms. The summed E-state index contributed by atoms with van der Waals surface area (Å²) in [6.45, 7) is 2.47. The Labute approximate surface area is 171 Å². The van der Waals surface area contributed by atoms with Gasteiger partial charge in [-0.3, -0.25) is 10.1 Å². The molecule has 2 fully saturated rings. The van der Waals surface area contributed by atoms with E-state index in [4.69, 9.17) is 4.52 Å². The predicted octanol–water partition coefficient (Wildman–Crippen LogP) is 1.92. The van der Waals surface area contributed by atoms with Gasteiger partial charge in [0.05, 0.1) is 0 Å². The van der Waals surface area contributed by atoms with Crippen LogP contribution in [-0.4, -0.2) is 38.6 Å². The number of aromatic nitrogens is 4. The summed E-state index contributed by atoms with van der Waals surface area (Å²) in [5, 5.41) is 9.08. The molecule has 2 aliphatic heterocycles. The maximum Gasteiger partial charge on any atom is 0.322 e. The zero-order chi connectivity index (χ0) is 20.7. The number of benzene rings is 1. The molecular formula is C20H19N7O3. The smallest absolute Gasteiger partial charge is 0.322 e. The number of hydrogen-bond donors (Lipinski definition) is 2. The quantitative estimate of drug-likeness (QED) is 0.631. The Morgan fingerprint density at radius 1 is 1.20 bits per heavy atom. The van der Waals surface area contributed by atoms with E-state index in [-0.39, 0.29) is 6.04 Å². The summed E-state index contributed by atoms with van der Waals surface area (Å²) in [6.07, 6.45) is 5.26. The van der Waals surface area contributed by atoms with Gasteiger partial charge in [0.25, 0.3) is 5.91 Å². The minimum Gasteiger partial charge on any atom is -0.337 e. The van der Waals surface area contributed by atoms with E-state index in [0.29, 0.717) is 28.8 Å². The van der Waals surface area contributed by atoms with E-state index in [1.54, 1.807) is 43.6 Å². The van der Waals surface area contributed by atoms with Crippen molar-refractivity contribution >= 4 is 17.9 Å². The molecule has 152 valence electrons. The largest absolute Gasteiger partial charge is 0.337 e. The van der Waals surface area contributed by atoms with E-state index in [0.717, 1.165) is 19.4 Å². The second kappa shape index (κ2) is 6.90. The summed E-state index contributed by atoms with van der Waals surface area (Å²) in [6, 6.07) is 8.37. The standard InChI is InChI=1S/C20H19N7O3/c1-20(17(28)24-19(29)25-20)13-6-2-5-12(11-13)15-23-16(30-26-15)14-7-3-10-27(14)18-21-8-4-9-22-18/h2,4-6,8-9,11,14H,3,7,10H2,1H3,(H2,24,25,28,29). The van der Waals surface area contributed by atoms with Gasteiger partial charge in [-0.05, 0) is 37.5 Å². The van der Waals surface area contributed by atoms with Crippen LogP contribution in [0.4, 0.5) is 10.7 Å². The van der Waals surface area contributed by atoms with Crippen molar-refractivity contribution in [2.75, 3.05) is 11.4 Å².